The van der Waals surface area contributed by atoms with Crippen LogP contribution in [0.2, 0.25) is 0 Å². The summed E-state index contributed by atoms with van der Waals surface area (Å²) in [7, 11) is 0. The third-order valence-electron chi connectivity index (χ3n) is 4.86. The molecule has 0 atom stereocenters. The van der Waals surface area contributed by atoms with Crippen molar-refractivity contribution < 1.29 is 19.1 Å². The van der Waals surface area contributed by atoms with Crippen molar-refractivity contribution in [3.63, 3.8) is 0 Å². The summed E-state index contributed by atoms with van der Waals surface area (Å²) >= 11 is 1.42. The lowest BCUT2D eigenvalue weighted by Crippen LogP contribution is -2.40. The van der Waals surface area contributed by atoms with E-state index in [0.29, 0.717) is 30.8 Å². The molecule has 0 bridgehead atoms. The minimum atomic E-state index is -0.376. The Morgan fingerprint density at radius 1 is 1.18 bits per heavy atom. The van der Waals surface area contributed by atoms with Crippen LogP contribution in [0.4, 0.5) is 5.69 Å². The molecule has 1 aromatic carbocycles. The molecule has 1 N–H and O–H groups in total. The third-order valence-corrected chi connectivity index (χ3v) is 5.72. The van der Waals surface area contributed by atoms with Crippen LogP contribution in [-0.2, 0) is 14.3 Å². The maximum Gasteiger partial charge on any atom is 0.309 e. The highest BCUT2D eigenvalue weighted by Crippen LogP contribution is 2.22. The predicted molar refractivity (Wildman–Crippen MR) is 108 cm³/mol. The highest BCUT2D eigenvalue weighted by atomic mass is 32.1. The number of thiophene rings is 1. The van der Waals surface area contributed by atoms with Gasteiger partial charge >= 0.3 is 5.97 Å². The molecular formula is C21H24N2O4S. The van der Waals surface area contributed by atoms with Gasteiger partial charge in [-0.25, -0.2) is 0 Å². The number of benzene rings is 1. The first-order valence-electron chi connectivity index (χ1n) is 9.30. The molecule has 1 saturated heterocycles. The van der Waals surface area contributed by atoms with Crippen molar-refractivity contribution in [2.24, 2.45) is 5.92 Å². The number of nitrogens with zero attached hydrogens (tertiary/aromatic N) is 1. The van der Waals surface area contributed by atoms with E-state index < -0.39 is 0 Å². The van der Waals surface area contributed by atoms with Gasteiger partial charge in [-0.2, -0.15) is 0 Å². The highest BCUT2D eigenvalue weighted by Gasteiger charge is 2.29. The molecule has 1 aromatic heterocycles. The fraction of sp³-hybridized carbons (Fsp3) is 0.381. The Hall–Kier alpha value is -2.67. The van der Waals surface area contributed by atoms with Gasteiger partial charge in [0.2, 0.25) is 0 Å². The second kappa shape index (κ2) is 9.01. The summed E-state index contributed by atoms with van der Waals surface area (Å²) < 4.78 is 5.20. The van der Waals surface area contributed by atoms with Gasteiger partial charge in [0, 0.05) is 18.8 Å². The second-order valence-electron chi connectivity index (χ2n) is 7.02. The van der Waals surface area contributed by atoms with Crippen LogP contribution in [0.15, 0.2) is 35.7 Å². The zero-order chi connectivity index (χ0) is 20.1. The van der Waals surface area contributed by atoms with E-state index in [2.05, 4.69) is 5.32 Å². The summed E-state index contributed by atoms with van der Waals surface area (Å²) in [4.78, 5) is 39.2. The minimum Gasteiger partial charge on any atom is -0.455 e. The molecule has 2 heterocycles. The van der Waals surface area contributed by atoms with Gasteiger partial charge in [0.05, 0.1) is 10.8 Å². The Morgan fingerprint density at radius 3 is 2.61 bits per heavy atom. The molecule has 3 rings (SSSR count). The van der Waals surface area contributed by atoms with E-state index in [-0.39, 0.29) is 30.3 Å². The molecule has 7 heteroatoms. The van der Waals surface area contributed by atoms with Gasteiger partial charge in [0.15, 0.2) is 6.61 Å². The lowest BCUT2D eigenvalue weighted by atomic mass is 9.97. The van der Waals surface area contributed by atoms with E-state index in [1.165, 1.54) is 11.3 Å². The Bertz CT molecular complexity index is 855. The van der Waals surface area contributed by atoms with Crippen molar-refractivity contribution in [1.82, 2.24) is 4.90 Å². The molecule has 0 radical (unpaired) electrons. The first-order valence-corrected chi connectivity index (χ1v) is 10.2. The number of rotatable bonds is 5. The summed E-state index contributed by atoms with van der Waals surface area (Å²) in [5, 5.41) is 4.65. The lowest BCUT2D eigenvalue weighted by molar-refractivity contribution is -0.152. The van der Waals surface area contributed by atoms with Gasteiger partial charge < -0.3 is 15.0 Å². The van der Waals surface area contributed by atoms with E-state index in [0.717, 1.165) is 16.8 Å². The Labute approximate surface area is 168 Å². The van der Waals surface area contributed by atoms with Gasteiger partial charge in [-0.1, -0.05) is 18.2 Å². The predicted octanol–water partition coefficient (Wildman–Crippen LogP) is 3.40. The third kappa shape index (κ3) is 4.98. The number of carbonyl (C=O) groups is 3. The molecule has 6 nitrogen and oxygen atoms in total. The molecule has 1 aliphatic heterocycles. The van der Waals surface area contributed by atoms with Crippen LogP contribution < -0.4 is 5.32 Å². The van der Waals surface area contributed by atoms with Crippen LogP contribution in [0, 0.1) is 19.8 Å². The van der Waals surface area contributed by atoms with Crippen molar-refractivity contribution in [3.8, 4) is 0 Å². The fourth-order valence-electron chi connectivity index (χ4n) is 3.19. The van der Waals surface area contributed by atoms with E-state index >= 15 is 0 Å². The number of hydrogen-bond acceptors (Lipinski definition) is 5. The van der Waals surface area contributed by atoms with Crippen molar-refractivity contribution in [3.05, 3.63) is 51.7 Å². The smallest absolute Gasteiger partial charge is 0.309 e. The standard InChI is InChI=1S/C21H24N2O4S/c1-14-5-6-15(2)17(12-14)22-19(24)13-27-21(26)16-7-9-23(10-8-16)20(25)18-4-3-11-28-18/h3-6,11-12,16H,7-10,13H2,1-2H3,(H,22,24). The molecule has 0 aliphatic carbocycles. The SMILES string of the molecule is Cc1ccc(C)c(NC(=O)COC(=O)C2CCN(C(=O)c3cccs3)CC2)c1. The lowest BCUT2D eigenvalue weighted by Gasteiger charge is -2.30. The molecule has 2 amide bonds. The maximum atomic E-state index is 12.3. The molecule has 1 aliphatic rings. The first kappa shape index (κ1) is 20.1. The summed E-state index contributed by atoms with van der Waals surface area (Å²) in [6.07, 6.45) is 1.10. The summed E-state index contributed by atoms with van der Waals surface area (Å²) in [5.74, 6) is -0.998. The molecule has 28 heavy (non-hydrogen) atoms. The number of amides is 2. The topological polar surface area (TPSA) is 75.7 Å². The van der Waals surface area contributed by atoms with Gasteiger partial charge in [-0.3, -0.25) is 14.4 Å². The van der Waals surface area contributed by atoms with E-state index in [1.54, 1.807) is 4.90 Å². The molecular weight excluding hydrogens is 376 g/mol. The maximum absolute atomic E-state index is 12.3. The molecule has 1 fully saturated rings. The normalized spacial score (nSPS) is 14.6. The van der Waals surface area contributed by atoms with E-state index in [9.17, 15) is 14.4 Å². The number of likely N-dealkylation sites (tertiary alicyclic amines) is 1. The summed E-state index contributed by atoms with van der Waals surface area (Å²) in [6, 6.07) is 9.45. The van der Waals surface area contributed by atoms with Crippen LogP contribution in [0.3, 0.4) is 0 Å². The van der Waals surface area contributed by atoms with Crippen LogP contribution in [0.5, 0.6) is 0 Å². The van der Waals surface area contributed by atoms with Crippen LogP contribution in [0.1, 0.15) is 33.6 Å². The van der Waals surface area contributed by atoms with Crippen LogP contribution >= 0.6 is 11.3 Å². The molecule has 0 unspecified atom stereocenters. The number of nitrogens with one attached hydrogen (secondary N) is 1. The van der Waals surface area contributed by atoms with Crippen molar-refractivity contribution in [2.75, 3.05) is 25.0 Å². The molecule has 0 spiro atoms. The number of hydrogen-bond donors (Lipinski definition) is 1. The Kier molecular flexibility index (Phi) is 6.46. The van der Waals surface area contributed by atoms with E-state index in [1.807, 2.05) is 49.6 Å². The largest absolute Gasteiger partial charge is 0.455 e. The molecule has 2 aromatic rings. The first-order chi connectivity index (χ1) is 13.4. The summed E-state index contributed by atoms with van der Waals surface area (Å²) in [5.41, 5.74) is 2.72. The number of piperidine rings is 1. The van der Waals surface area contributed by atoms with E-state index in [4.69, 9.17) is 4.74 Å². The Balaban J connectivity index is 1.44. The highest BCUT2D eigenvalue weighted by molar-refractivity contribution is 7.12. The number of carbonyl (C=O) groups excluding carboxylic acids is 3. The number of aryl methyl sites for hydroxylation is 2. The minimum absolute atomic E-state index is 0.00900. The molecule has 0 saturated carbocycles. The number of anilines is 1. The quantitative estimate of drug-likeness (QED) is 0.781. The summed E-state index contributed by atoms with van der Waals surface area (Å²) in [6.45, 7) is 4.59. The second-order valence-corrected chi connectivity index (χ2v) is 7.97. The van der Waals surface area contributed by atoms with Crippen LogP contribution in [-0.4, -0.2) is 42.4 Å². The van der Waals surface area contributed by atoms with Gasteiger partial charge in [0.1, 0.15) is 0 Å². The zero-order valence-corrected chi connectivity index (χ0v) is 16.9. The average Bonchev–Trinajstić information content (AvgIpc) is 3.23. The van der Waals surface area contributed by atoms with Crippen molar-refractivity contribution >= 4 is 34.8 Å². The van der Waals surface area contributed by atoms with Crippen LogP contribution in [0.25, 0.3) is 0 Å². The zero-order valence-electron chi connectivity index (χ0n) is 16.1. The monoisotopic (exact) mass is 400 g/mol. The Morgan fingerprint density at radius 2 is 1.93 bits per heavy atom. The fourth-order valence-corrected chi connectivity index (χ4v) is 3.88. The van der Waals surface area contributed by atoms with Gasteiger partial charge in [0.25, 0.3) is 11.8 Å². The average molecular weight is 401 g/mol. The van der Waals surface area contributed by atoms with Gasteiger partial charge in [-0.15, -0.1) is 11.3 Å². The van der Waals surface area contributed by atoms with Crippen molar-refractivity contribution in [1.29, 1.82) is 0 Å². The molecule has 148 valence electrons. The number of esters is 1. The number of ether oxygens (including phenoxy) is 1. The van der Waals surface area contributed by atoms with Crippen molar-refractivity contribution in [2.45, 2.75) is 26.7 Å². The van der Waals surface area contributed by atoms with Gasteiger partial charge in [-0.05, 0) is 55.3 Å².